The number of nitrogens with one attached hydrogen (secondary N) is 3. The van der Waals surface area contributed by atoms with Crippen molar-refractivity contribution in [3.63, 3.8) is 0 Å². The van der Waals surface area contributed by atoms with Gasteiger partial charge in [0.25, 0.3) is 0 Å². The molecule has 0 aliphatic carbocycles. The van der Waals surface area contributed by atoms with Gasteiger partial charge in [0, 0.05) is 18.3 Å². The van der Waals surface area contributed by atoms with Crippen LogP contribution < -0.4 is 19.1 Å². The number of H-pyrrole nitrogens is 1. The highest BCUT2D eigenvalue weighted by Crippen LogP contribution is 2.35. The quantitative estimate of drug-likeness (QED) is 0.421. The molecular weight excluding hydrogens is 412 g/mol. The van der Waals surface area contributed by atoms with Gasteiger partial charge < -0.3 is 14.6 Å². The van der Waals surface area contributed by atoms with Gasteiger partial charge in [-0.25, -0.2) is 0 Å². The lowest BCUT2D eigenvalue weighted by molar-refractivity contribution is 0.307. The highest BCUT2D eigenvalue weighted by molar-refractivity contribution is 7.94. The monoisotopic (exact) mass is 434 g/mol. The number of aromatic amines is 1. The van der Waals surface area contributed by atoms with Gasteiger partial charge in [-0.1, -0.05) is 36.4 Å². The summed E-state index contributed by atoms with van der Waals surface area (Å²) >= 11 is 0. The Balaban J connectivity index is 1.36. The summed E-state index contributed by atoms with van der Waals surface area (Å²) in [5, 5.41) is 1.02. The minimum atomic E-state index is -3.82. The Kier molecular flexibility index (Phi) is 4.91. The van der Waals surface area contributed by atoms with E-state index in [-0.39, 0.29) is 0 Å². The molecule has 1 aromatic heterocycles. The molecule has 0 atom stereocenters. The van der Waals surface area contributed by atoms with E-state index in [2.05, 4.69) is 31.5 Å². The highest BCUT2D eigenvalue weighted by atomic mass is 32.2. The van der Waals surface area contributed by atoms with Gasteiger partial charge in [-0.3, -0.25) is 9.44 Å². The van der Waals surface area contributed by atoms with E-state index in [1.807, 2.05) is 42.6 Å². The van der Waals surface area contributed by atoms with Gasteiger partial charge in [-0.15, -0.1) is 0 Å². The minimum Gasteiger partial charge on any atom is -0.490 e. The van der Waals surface area contributed by atoms with Crippen LogP contribution >= 0.6 is 0 Å². The second-order valence-corrected chi connectivity index (χ2v) is 8.84. The second kappa shape index (κ2) is 7.88. The van der Waals surface area contributed by atoms with Crippen LogP contribution in [0.2, 0.25) is 0 Å². The summed E-state index contributed by atoms with van der Waals surface area (Å²) < 4.78 is 36.4. The van der Waals surface area contributed by atoms with Gasteiger partial charge in [0.1, 0.15) is 12.4 Å². The lowest BCUT2D eigenvalue weighted by atomic mass is 10.1. The number of hydrogen-bond donors (Lipinski definition) is 3. The number of anilines is 3. The smallest absolute Gasteiger partial charge is 0.321 e. The molecular formula is C23H22N4O3S. The zero-order chi connectivity index (χ0) is 21.3. The molecule has 0 saturated carbocycles. The molecule has 1 aliphatic heterocycles. The summed E-state index contributed by atoms with van der Waals surface area (Å²) in [4.78, 5) is 5.27. The average molecular weight is 435 g/mol. The van der Waals surface area contributed by atoms with Crippen LogP contribution in [0.25, 0.3) is 10.9 Å². The standard InChI is InChI=1S/C23H22N4O3S/c28-31(29,25-19-7-6-18-10-11-24-21(18)14-19)26-20-8-9-23-22(15-20)27(12-13-30-23)16-17-4-2-1-3-5-17/h1-11,14-15,24-26H,12-13,16H2. The fourth-order valence-electron chi connectivity index (χ4n) is 3.75. The largest absolute Gasteiger partial charge is 0.490 e. The summed E-state index contributed by atoms with van der Waals surface area (Å²) in [6.07, 6.45) is 1.82. The summed E-state index contributed by atoms with van der Waals surface area (Å²) in [6.45, 7) is 2.04. The Morgan fingerprint density at radius 3 is 2.55 bits per heavy atom. The number of benzene rings is 3. The van der Waals surface area contributed by atoms with Crippen molar-refractivity contribution >= 4 is 38.2 Å². The Hall–Kier alpha value is -3.65. The zero-order valence-corrected chi connectivity index (χ0v) is 17.5. The van der Waals surface area contributed by atoms with E-state index in [9.17, 15) is 8.42 Å². The Labute approximate surface area is 180 Å². The van der Waals surface area contributed by atoms with E-state index >= 15 is 0 Å². The van der Waals surface area contributed by atoms with Crippen LogP contribution in [-0.4, -0.2) is 26.6 Å². The van der Waals surface area contributed by atoms with Crippen molar-refractivity contribution in [2.45, 2.75) is 6.54 Å². The van der Waals surface area contributed by atoms with Crippen molar-refractivity contribution in [2.24, 2.45) is 0 Å². The van der Waals surface area contributed by atoms with E-state index < -0.39 is 10.2 Å². The van der Waals surface area contributed by atoms with Gasteiger partial charge in [0.15, 0.2) is 0 Å². The molecule has 3 N–H and O–H groups in total. The Morgan fingerprint density at radius 2 is 1.71 bits per heavy atom. The predicted molar refractivity (Wildman–Crippen MR) is 124 cm³/mol. The first kappa shape index (κ1) is 19.3. The summed E-state index contributed by atoms with van der Waals surface area (Å²) in [7, 11) is -3.82. The number of rotatable bonds is 6. The van der Waals surface area contributed by atoms with Crippen LogP contribution in [0.5, 0.6) is 5.75 Å². The van der Waals surface area contributed by atoms with Crippen LogP contribution in [0.15, 0.2) is 79.0 Å². The maximum atomic E-state index is 12.7. The lowest BCUT2D eigenvalue weighted by Gasteiger charge is -2.31. The molecule has 0 spiro atoms. The molecule has 0 amide bonds. The third kappa shape index (κ3) is 4.29. The fraction of sp³-hybridized carbons (Fsp3) is 0.130. The van der Waals surface area contributed by atoms with Crippen LogP contribution in [0.1, 0.15) is 5.56 Å². The van der Waals surface area contributed by atoms with Gasteiger partial charge >= 0.3 is 10.2 Å². The van der Waals surface area contributed by atoms with Crippen LogP contribution in [0, 0.1) is 0 Å². The van der Waals surface area contributed by atoms with Crippen molar-refractivity contribution in [2.75, 3.05) is 27.5 Å². The maximum Gasteiger partial charge on any atom is 0.321 e. The SMILES string of the molecule is O=S(=O)(Nc1ccc2c(c1)N(Cc1ccccc1)CCO2)Nc1ccc2cc[nH]c2c1. The van der Waals surface area contributed by atoms with Crippen LogP contribution in [0.3, 0.4) is 0 Å². The summed E-state index contributed by atoms with van der Waals surface area (Å²) in [5.41, 5.74) is 3.86. The third-order valence-electron chi connectivity index (χ3n) is 5.19. The molecule has 0 bridgehead atoms. The predicted octanol–water partition coefficient (Wildman–Crippen LogP) is 4.34. The highest BCUT2D eigenvalue weighted by Gasteiger charge is 2.20. The van der Waals surface area contributed by atoms with E-state index in [1.165, 1.54) is 5.56 Å². The van der Waals surface area contributed by atoms with Gasteiger partial charge in [-0.2, -0.15) is 8.42 Å². The molecule has 0 unspecified atom stereocenters. The Bertz CT molecular complexity index is 1320. The minimum absolute atomic E-state index is 0.468. The van der Waals surface area contributed by atoms with Crippen molar-refractivity contribution in [3.8, 4) is 5.75 Å². The average Bonchev–Trinajstić information content (AvgIpc) is 3.22. The molecule has 0 radical (unpaired) electrons. The maximum absolute atomic E-state index is 12.7. The van der Waals surface area contributed by atoms with E-state index in [1.54, 1.807) is 24.3 Å². The van der Waals surface area contributed by atoms with Crippen molar-refractivity contribution in [3.05, 3.63) is 84.6 Å². The molecule has 0 fully saturated rings. The van der Waals surface area contributed by atoms with Crippen molar-refractivity contribution < 1.29 is 13.2 Å². The molecule has 5 rings (SSSR count). The molecule has 4 aromatic rings. The molecule has 2 heterocycles. The molecule has 158 valence electrons. The molecule has 31 heavy (non-hydrogen) atoms. The van der Waals surface area contributed by atoms with Crippen molar-refractivity contribution in [1.82, 2.24) is 4.98 Å². The third-order valence-corrected chi connectivity index (χ3v) is 6.20. The molecule has 7 nitrogen and oxygen atoms in total. The van der Waals surface area contributed by atoms with Gasteiger partial charge in [0.2, 0.25) is 0 Å². The number of aromatic nitrogens is 1. The zero-order valence-electron chi connectivity index (χ0n) is 16.7. The molecule has 8 heteroatoms. The topological polar surface area (TPSA) is 86.5 Å². The summed E-state index contributed by atoms with van der Waals surface area (Å²) in [5.74, 6) is 0.746. The normalized spacial score (nSPS) is 13.5. The van der Waals surface area contributed by atoms with Gasteiger partial charge in [0.05, 0.1) is 23.6 Å². The first-order valence-corrected chi connectivity index (χ1v) is 11.5. The van der Waals surface area contributed by atoms with Crippen LogP contribution in [-0.2, 0) is 16.8 Å². The van der Waals surface area contributed by atoms with Crippen LogP contribution in [0.4, 0.5) is 17.1 Å². The van der Waals surface area contributed by atoms with E-state index in [4.69, 9.17) is 4.74 Å². The second-order valence-electron chi connectivity index (χ2n) is 7.43. The first-order chi connectivity index (χ1) is 15.1. The number of nitrogens with zero attached hydrogens (tertiary/aromatic N) is 1. The lowest BCUT2D eigenvalue weighted by Crippen LogP contribution is -2.32. The summed E-state index contributed by atoms with van der Waals surface area (Å²) in [6, 6.07) is 22.8. The molecule has 1 aliphatic rings. The van der Waals surface area contributed by atoms with Gasteiger partial charge in [-0.05, 0) is 47.3 Å². The Morgan fingerprint density at radius 1 is 0.935 bits per heavy atom. The first-order valence-electron chi connectivity index (χ1n) is 9.99. The molecule has 3 aromatic carbocycles. The number of ether oxygens (including phenoxy) is 1. The number of fused-ring (bicyclic) bond motifs is 2. The van der Waals surface area contributed by atoms with Crippen molar-refractivity contribution in [1.29, 1.82) is 0 Å². The number of hydrogen-bond acceptors (Lipinski definition) is 4. The van der Waals surface area contributed by atoms with E-state index in [0.29, 0.717) is 18.0 Å². The van der Waals surface area contributed by atoms with E-state index in [0.717, 1.165) is 35.4 Å². The fourth-order valence-corrected chi connectivity index (χ4v) is 4.68. The molecule has 0 saturated heterocycles.